The third kappa shape index (κ3) is 19.0. The molecule has 0 aromatic carbocycles. The van der Waals surface area contributed by atoms with Crippen LogP contribution in [0.15, 0.2) is 0 Å². The van der Waals surface area contributed by atoms with Gasteiger partial charge >= 0.3 is 23.5 Å². The quantitative estimate of drug-likeness (QED) is 0.0426. The standard InChI is InChI=1S/C25H55F2N2O13P3/c1-8-10-24(7,15-22(13-20(5)28-26)17-39-43(31,32)33)41-44(34,35)38-12-11-25(9-2,19(3)4)42-45(36,37)40-18-23(16-30)14-21(6)29-27/h19-23,28-30H,8-18H2,1-7H3,(H,34,35)(H,36,37)(H2,31,32,33). The van der Waals surface area contributed by atoms with Crippen LogP contribution in [0.5, 0.6) is 0 Å². The van der Waals surface area contributed by atoms with Crippen molar-refractivity contribution in [2.75, 3.05) is 26.4 Å². The van der Waals surface area contributed by atoms with E-state index in [4.69, 9.17) is 27.9 Å². The average Bonchev–Trinajstić information content (AvgIpc) is 2.91. The van der Waals surface area contributed by atoms with E-state index < -0.39 is 84.3 Å². The van der Waals surface area contributed by atoms with E-state index in [9.17, 15) is 37.6 Å². The van der Waals surface area contributed by atoms with Crippen molar-refractivity contribution in [3.63, 3.8) is 0 Å². The number of rotatable bonds is 27. The highest BCUT2D eigenvalue weighted by molar-refractivity contribution is 7.47. The number of aliphatic hydroxyl groups is 1. The molecule has 0 aromatic heterocycles. The van der Waals surface area contributed by atoms with Crippen molar-refractivity contribution >= 4 is 23.5 Å². The van der Waals surface area contributed by atoms with Gasteiger partial charge in [0.25, 0.3) is 0 Å². The Kier molecular flexibility index (Phi) is 20.6. The summed E-state index contributed by atoms with van der Waals surface area (Å²) < 4.78 is 89.0. The van der Waals surface area contributed by atoms with E-state index in [1.165, 1.54) is 26.3 Å². The van der Waals surface area contributed by atoms with Gasteiger partial charge in [0.1, 0.15) is 0 Å². The molecule has 0 rings (SSSR count). The summed E-state index contributed by atoms with van der Waals surface area (Å²) in [6.45, 7) is 9.76. The van der Waals surface area contributed by atoms with Crippen LogP contribution in [0.4, 0.5) is 8.96 Å². The minimum absolute atomic E-state index is 0.0329. The first-order valence-electron chi connectivity index (χ1n) is 15.0. The van der Waals surface area contributed by atoms with Crippen molar-refractivity contribution in [3.8, 4) is 0 Å². The highest BCUT2D eigenvalue weighted by atomic mass is 31.2. The van der Waals surface area contributed by atoms with Gasteiger partial charge in [0.05, 0.1) is 31.0 Å². The molecule has 45 heavy (non-hydrogen) atoms. The summed E-state index contributed by atoms with van der Waals surface area (Å²) in [4.78, 5) is 39.4. The van der Waals surface area contributed by atoms with Crippen molar-refractivity contribution in [1.82, 2.24) is 11.1 Å². The van der Waals surface area contributed by atoms with Gasteiger partial charge in [-0.05, 0) is 64.7 Å². The van der Waals surface area contributed by atoms with E-state index in [1.54, 1.807) is 33.2 Å². The van der Waals surface area contributed by atoms with Gasteiger partial charge in [0.2, 0.25) is 0 Å². The van der Waals surface area contributed by atoms with Crippen molar-refractivity contribution in [2.45, 2.75) is 117 Å². The lowest BCUT2D eigenvalue weighted by Gasteiger charge is -2.38. The van der Waals surface area contributed by atoms with Gasteiger partial charge in [-0.3, -0.25) is 22.6 Å². The van der Waals surface area contributed by atoms with Crippen molar-refractivity contribution < 1.29 is 70.0 Å². The minimum Gasteiger partial charge on any atom is -0.396 e. The summed E-state index contributed by atoms with van der Waals surface area (Å²) in [5, 5.41) is 9.52. The summed E-state index contributed by atoms with van der Waals surface area (Å²) in [5.74, 6) is -1.74. The molecule has 0 aliphatic heterocycles. The summed E-state index contributed by atoms with van der Waals surface area (Å²) in [6, 6.07) is -1.34. The lowest BCUT2D eigenvalue weighted by Crippen LogP contribution is -2.38. The SMILES string of the molecule is CCCC(C)(CC(COP(=O)(O)O)CC(C)NF)OP(=O)(O)OCCC(CC)(OP(=O)(O)OCC(CO)CC(C)NF)C(C)C. The van der Waals surface area contributed by atoms with Gasteiger partial charge in [0.15, 0.2) is 0 Å². The van der Waals surface area contributed by atoms with Gasteiger partial charge in [-0.2, -0.15) is 11.1 Å². The highest BCUT2D eigenvalue weighted by Crippen LogP contribution is 2.54. The number of phosphoric ester groups is 3. The first-order chi connectivity index (χ1) is 20.6. The maximum absolute atomic E-state index is 13.1. The summed E-state index contributed by atoms with van der Waals surface area (Å²) in [5.41, 5.74) is 0.387. The Balaban J connectivity index is 5.64. The van der Waals surface area contributed by atoms with E-state index in [0.29, 0.717) is 6.42 Å². The first kappa shape index (κ1) is 45.1. The molecule has 0 saturated heterocycles. The zero-order valence-corrected chi connectivity index (χ0v) is 29.9. The molecule has 272 valence electrons. The van der Waals surface area contributed by atoms with Gasteiger partial charge in [0, 0.05) is 31.0 Å². The molecule has 8 atom stereocenters. The molecule has 0 aromatic rings. The van der Waals surface area contributed by atoms with E-state index in [2.05, 4.69) is 4.52 Å². The number of aliphatic hydroxyl groups excluding tert-OH is 1. The Hall–Kier alpha value is 0.0700. The molecule has 0 heterocycles. The molecular weight excluding hydrogens is 667 g/mol. The maximum Gasteiger partial charge on any atom is 0.472 e. The maximum atomic E-state index is 13.1. The predicted octanol–water partition coefficient (Wildman–Crippen LogP) is 5.24. The number of hydrogen-bond donors (Lipinski definition) is 7. The fraction of sp³-hybridized carbons (Fsp3) is 1.00. The largest absolute Gasteiger partial charge is 0.472 e. The number of halogens is 2. The second-order valence-corrected chi connectivity index (χ2v) is 16.2. The van der Waals surface area contributed by atoms with Crippen LogP contribution in [-0.4, -0.2) is 74.4 Å². The number of phosphoric acid groups is 3. The van der Waals surface area contributed by atoms with Crippen molar-refractivity contribution in [3.05, 3.63) is 0 Å². The second kappa shape index (κ2) is 20.6. The van der Waals surface area contributed by atoms with E-state index in [0.717, 1.165) is 0 Å². The molecule has 0 aliphatic rings. The lowest BCUT2D eigenvalue weighted by atomic mass is 9.85. The molecule has 20 heteroatoms. The van der Waals surface area contributed by atoms with Crippen LogP contribution in [0.1, 0.15) is 93.4 Å². The number of hydrogen-bond acceptors (Lipinski definition) is 11. The molecule has 0 amide bonds. The normalized spacial score (nSPS) is 20.9. The Morgan fingerprint density at radius 3 is 1.73 bits per heavy atom. The molecule has 15 nitrogen and oxygen atoms in total. The molecule has 7 N–H and O–H groups in total. The first-order valence-corrected chi connectivity index (χ1v) is 19.5. The molecule has 8 unspecified atom stereocenters. The zero-order valence-electron chi connectivity index (χ0n) is 27.3. The van der Waals surface area contributed by atoms with Crippen molar-refractivity contribution in [1.29, 1.82) is 0 Å². The Bertz CT molecular complexity index is 982. The van der Waals surface area contributed by atoms with Crippen LogP contribution in [-0.2, 0) is 36.3 Å². The summed E-state index contributed by atoms with van der Waals surface area (Å²) in [7, 11) is -14.3. The van der Waals surface area contributed by atoms with Crippen LogP contribution in [0.2, 0.25) is 0 Å². The van der Waals surface area contributed by atoms with Gasteiger partial charge in [-0.25, -0.2) is 13.7 Å². The molecule has 0 bridgehead atoms. The van der Waals surface area contributed by atoms with Crippen LogP contribution in [0, 0.1) is 17.8 Å². The van der Waals surface area contributed by atoms with Crippen LogP contribution >= 0.6 is 23.5 Å². The third-order valence-electron chi connectivity index (χ3n) is 7.52. The lowest BCUT2D eigenvalue weighted by molar-refractivity contribution is -0.0412. The Morgan fingerprint density at radius 1 is 0.778 bits per heavy atom. The molecular formula is C25H55F2N2O13P3. The summed E-state index contributed by atoms with van der Waals surface area (Å²) in [6.07, 6.45) is 0.933. The molecule has 0 radical (unpaired) electrons. The van der Waals surface area contributed by atoms with Gasteiger partial charge < -0.3 is 24.7 Å². The van der Waals surface area contributed by atoms with E-state index in [-0.39, 0.29) is 45.1 Å². The van der Waals surface area contributed by atoms with Gasteiger partial charge in [-0.15, -0.1) is 8.96 Å². The minimum atomic E-state index is -4.84. The fourth-order valence-electron chi connectivity index (χ4n) is 5.21. The molecule has 0 aliphatic carbocycles. The third-order valence-corrected chi connectivity index (χ3v) is 10.3. The monoisotopic (exact) mass is 722 g/mol. The highest BCUT2D eigenvalue weighted by Gasteiger charge is 2.43. The van der Waals surface area contributed by atoms with Crippen molar-refractivity contribution in [2.24, 2.45) is 17.8 Å². The Labute approximate surface area is 265 Å². The zero-order chi connectivity index (χ0) is 35.1. The van der Waals surface area contributed by atoms with E-state index in [1.807, 2.05) is 0 Å². The van der Waals surface area contributed by atoms with Crippen LogP contribution in [0.25, 0.3) is 0 Å². The predicted molar refractivity (Wildman–Crippen MR) is 163 cm³/mol. The molecule has 0 spiro atoms. The summed E-state index contributed by atoms with van der Waals surface area (Å²) >= 11 is 0. The van der Waals surface area contributed by atoms with Crippen LogP contribution in [0.3, 0.4) is 0 Å². The van der Waals surface area contributed by atoms with Gasteiger partial charge in [-0.1, -0.05) is 34.1 Å². The second-order valence-electron chi connectivity index (χ2n) is 12.2. The smallest absolute Gasteiger partial charge is 0.396 e. The van der Waals surface area contributed by atoms with E-state index >= 15 is 0 Å². The average molecular weight is 723 g/mol. The number of nitrogens with one attached hydrogen (secondary N) is 2. The molecule has 0 saturated carbocycles. The molecule has 0 fully saturated rings. The van der Waals surface area contributed by atoms with Crippen LogP contribution < -0.4 is 11.1 Å². The topological polar surface area (TPSA) is 223 Å². The fourth-order valence-corrected chi connectivity index (χ4v) is 8.05. The Morgan fingerprint density at radius 2 is 1.29 bits per heavy atom.